The molecule has 0 atom stereocenters. The fourth-order valence-corrected chi connectivity index (χ4v) is 1.91. The van der Waals surface area contributed by atoms with Crippen molar-refractivity contribution >= 4 is 11.6 Å². The number of imidazole rings is 1. The van der Waals surface area contributed by atoms with Gasteiger partial charge in [0.2, 0.25) is 0 Å². The number of pyridine rings is 1. The molecule has 2 aromatic rings. The maximum Gasteiger partial charge on any atom is 0.417 e. The van der Waals surface area contributed by atoms with Crippen LogP contribution in [0.2, 0.25) is 5.02 Å². The van der Waals surface area contributed by atoms with Crippen molar-refractivity contribution in [1.82, 2.24) is 14.5 Å². The monoisotopic (exact) mass is 289 g/mol. The molecule has 0 saturated carbocycles. The zero-order valence-corrected chi connectivity index (χ0v) is 10.6. The van der Waals surface area contributed by atoms with Crippen LogP contribution in [0.3, 0.4) is 0 Å². The molecule has 2 heterocycles. The maximum atomic E-state index is 12.4. The van der Waals surface area contributed by atoms with Crippen LogP contribution in [-0.2, 0) is 19.1 Å². The summed E-state index contributed by atoms with van der Waals surface area (Å²) >= 11 is 5.81. The molecule has 2 aromatic heterocycles. The molecular formula is C12H11ClF3N3. The van der Waals surface area contributed by atoms with Crippen LogP contribution < -0.4 is 0 Å². The Morgan fingerprint density at radius 1 is 1.32 bits per heavy atom. The van der Waals surface area contributed by atoms with Gasteiger partial charge in [-0.15, -0.1) is 0 Å². The molecule has 0 bridgehead atoms. The Labute approximate surface area is 113 Å². The van der Waals surface area contributed by atoms with Gasteiger partial charge in [-0.05, 0) is 18.9 Å². The van der Waals surface area contributed by atoms with Crippen molar-refractivity contribution in [1.29, 1.82) is 0 Å². The number of nitrogens with zero attached hydrogens (tertiary/aromatic N) is 3. The SMILES string of the molecule is FC(F)(F)c1cnc(CCCn2ccnc2)c(Cl)c1. The van der Waals surface area contributed by atoms with Crippen LogP contribution in [0, 0.1) is 0 Å². The van der Waals surface area contributed by atoms with E-state index in [2.05, 4.69) is 9.97 Å². The summed E-state index contributed by atoms with van der Waals surface area (Å²) in [7, 11) is 0. The van der Waals surface area contributed by atoms with Gasteiger partial charge in [-0.25, -0.2) is 4.98 Å². The first-order valence-corrected chi connectivity index (χ1v) is 6.02. The molecule has 0 fully saturated rings. The van der Waals surface area contributed by atoms with Crippen LogP contribution in [0.15, 0.2) is 31.0 Å². The second kappa shape index (κ2) is 5.61. The Kier molecular flexibility index (Phi) is 4.09. The van der Waals surface area contributed by atoms with Gasteiger partial charge in [0.1, 0.15) is 0 Å². The molecular weight excluding hydrogens is 279 g/mol. The average molecular weight is 290 g/mol. The molecule has 102 valence electrons. The predicted octanol–water partition coefficient (Wildman–Crippen LogP) is 3.58. The largest absolute Gasteiger partial charge is 0.417 e. The molecule has 0 aliphatic rings. The van der Waals surface area contributed by atoms with Crippen molar-refractivity contribution < 1.29 is 13.2 Å². The first-order valence-electron chi connectivity index (χ1n) is 5.64. The Balaban J connectivity index is 1.97. The van der Waals surface area contributed by atoms with Crippen molar-refractivity contribution in [3.63, 3.8) is 0 Å². The highest BCUT2D eigenvalue weighted by Crippen LogP contribution is 2.31. The van der Waals surface area contributed by atoms with Gasteiger partial charge >= 0.3 is 6.18 Å². The third-order valence-corrected chi connectivity index (χ3v) is 2.96. The number of rotatable bonds is 4. The normalized spacial score (nSPS) is 11.8. The smallest absolute Gasteiger partial charge is 0.337 e. The van der Waals surface area contributed by atoms with Gasteiger partial charge < -0.3 is 4.57 Å². The van der Waals surface area contributed by atoms with Crippen LogP contribution in [-0.4, -0.2) is 14.5 Å². The molecule has 19 heavy (non-hydrogen) atoms. The van der Waals surface area contributed by atoms with Crippen molar-refractivity contribution in [3.8, 4) is 0 Å². The first kappa shape index (κ1) is 13.9. The van der Waals surface area contributed by atoms with Gasteiger partial charge in [0, 0.05) is 25.1 Å². The summed E-state index contributed by atoms with van der Waals surface area (Å²) in [5.41, 5.74) is -0.342. The number of halogens is 4. The van der Waals surface area contributed by atoms with Gasteiger partial charge in [0.15, 0.2) is 0 Å². The third-order valence-electron chi connectivity index (χ3n) is 2.63. The van der Waals surface area contributed by atoms with Crippen molar-refractivity contribution in [2.75, 3.05) is 0 Å². The summed E-state index contributed by atoms with van der Waals surface area (Å²) in [4.78, 5) is 7.69. The van der Waals surface area contributed by atoms with Crippen molar-refractivity contribution in [2.45, 2.75) is 25.6 Å². The first-order chi connectivity index (χ1) is 8.97. The van der Waals surface area contributed by atoms with E-state index >= 15 is 0 Å². The van der Waals surface area contributed by atoms with Gasteiger partial charge in [0.25, 0.3) is 0 Å². The number of alkyl halides is 3. The van der Waals surface area contributed by atoms with E-state index in [1.807, 2.05) is 10.8 Å². The topological polar surface area (TPSA) is 30.7 Å². The lowest BCUT2D eigenvalue weighted by molar-refractivity contribution is -0.137. The Morgan fingerprint density at radius 3 is 2.68 bits per heavy atom. The Bertz CT molecular complexity index is 538. The number of aryl methyl sites for hydroxylation is 2. The zero-order valence-electron chi connectivity index (χ0n) is 9.86. The van der Waals surface area contributed by atoms with Gasteiger partial charge in [-0.3, -0.25) is 4.98 Å². The third kappa shape index (κ3) is 3.70. The van der Waals surface area contributed by atoms with E-state index in [-0.39, 0.29) is 5.02 Å². The molecule has 0 aliphatic carbocycles. The number of hydrogen-bond acceptors (Lipinski definition) is 2. The fraction of sp³-hybridized carbons (Fsp3) is 0.333. The highest BCUT2D eigenvalue weighted by atomic mass is 35.5. The predicted molar refractivity (Wildman–Crippen MR) is 64.8 cm³/mol. The Morgan fingerprint density at radius 2 is 2.11 bits per heavy atom. The standard InChI is InChI=1S/C12H11ClF3N3/c13-10-6-9(12(14,15)16)7-18-11(10)2-1-4-19-5-3-17-8-19/h3,5-8H,1-2,4H2. The fourth-order valence-electron chi connectivity index (χ4n) is 1.65. The lowest BCUT2D eigenvalue weighted by Crippen LogP contribution is -2.07. The molecule has 0 spiro atoms. The second-order valence-electron chi connectivity index (χ2n) is 4.05. The summed E-state index contributed by atoms with van der Waals surface area (Å²) in [5, 5.41) is 0.0560. The maximum absolute atomic E-state index is 12.4. The molecule has 0 N–H and O–H groups in total. The average Bonchev–Trinajstić information content (AvgIpc) is 2.83. The summed E-state index contributed by atoms with van der Waals surface area (Å²) in [6.45, 7) is 0.721. The summed E-state index contributed by atoms with van der Waals surface area (Å²) < 4.78 is 39.2. The number of aromatic nitrogens is 3. The lowest BCUT2D eigenvalue weighted by atomic mass is 10.2. The summed E-state index contributed by atoms with van der Waals surface area (Å²) in [6, 6.07) is 0.918. The van der Waals surface area contributed by atoms with Crippen LogP contribution in [0.1, 0.15) is 17.7 Å². The minimum atomic E-state index is -4.41. The van der Waals surface area contributed by atoms with Gasteiger partial charge in [0.05, 0.1) is 22.6 Å². The second-order valence-corrected chi connectivity index (χ2v) is 4.46. The van der Waals surface area contributed by atoms with Crippen LogP contribution in [0.4, 0.5) is 13.2 Å². The van der Waals surface area contributed by atoms with E-state index in [0.717, 1.165) is 25.2 Å². The Hall–Kier alpha value is -1.56. The van der Waals surface area contributed by atoms with Crippen LogP contribution in [0.25, 0.3) is 0 Å². The van der Waals surface area contributed by atoms with E-state index in [1.165, 1.54) is 0 Å². The lowest BCUT2D eigenvalue weighted by Gasteiger charge is -2.09. The molecule has 0 unspecified atom stereocenters. The summed E-state index contributed by atoms with van der Waals surface area (Å²) in [5.74, 6) is 0. The molecule has 0 saturated heterocycles. The van der Waals surface area contributed by atoms with Gasteiger partial charge in [-0.1, -0.05) is 11.6 Å². The molecule has 2 rings (SSSR count). The van der Waals surface area contributed by atoms with E-state index in [4.69, 9.17) is 11.6 Å². The zero-order chi connectivity index (χ0) is 13.9. The van der Waals surface area contributed by atoms with Crippen LogP contribution in [0.5, 0.6) is 0 Å². The molecule has 7 heteroatoms. The van der Waals surface area contributed by atoms with Gasteiger partial charge in [-0.2, -0.15) is 13.2 Å². The van der Waals surface area contributed by atoms with Crippen LogP contribution >= 0.6 is 11.6 Å². The minimum absolute atomic E-state index is 0.0560. The quantitative estimate of drug-likeness (QED) is 0.861. The van der Waals surface area contributed by atoms with E-state index in [1.54, 1.807) is 12.5 Å². The molecule has 0 aliphatic heterocycles. The van der Waals surface area contributed by atoms with E-state index in [9.17, 15) is 13.2 Å². The molecule has 0 aromatic carbocycles. The van der Waals surface area contributed by atoms with E-state index < -0.39 is 11.7 Å². The summed E-state index contributed by atoms with van der Waals surface area (Å²) in [6.07, 6.45) is 2.83. The minimum Gasteiger partial charge on any atom is -0.337 e. The molecule has 0 radical (unpaired) electrons. The van der Waals surface area contributed by atoms with Crippen molar-refractivity contribution in [3.05, 3.63) is 47.3 Å². The van der Waals surface area contributed by atoms with E-state index in [0.29, 0.717) is 12.1 Å². The highest BCUT2D eigenvalue weighted by Gasteiger charge is 2.31. The van der Waals surface area contributed by atoms with Crippen molar-refractivity contribution in [2.24, 2.45) is 0 Å². The molecule has 3 nitrogen and oxygen atoms in total. The highest BCUT2D eigenvalue weighted by molar-refractivity contribution is 6.31. The number of hydrogen-bond donors (Lipinski definition) is 0. The molecule has 0 amide bonds.